The Bertz CT molecular complexity index is 513. The summed E-state index contributed by atoms with van der Waals surface area (Å²) in [5.74, 6) is -1.39. The van der Waals surface area contributed by atoms with Crippen molar-refractivity contribution >= 4 is 16.9 Å². The van der Waals surface area contributed by atoms with Gasteiger partial charge in [0.25, 0.3) is 0 Å². The van der Waals surface area contributed by atoms with Crippen LogP contribution in [0.15, 0.2) is 30.3 Å². The third-order valence-corrected chi connectivity index (χ3v) is 1.91. The molecule has 15 heavy (non-hydrogen) atoms. The van der Waals surface area contributed by atoms with Crippen molar-refractivity contribution in [3.63, 3.8) is 0 Å². The normalized spacial score (nSPS) is 9.60. The molecular formula is C10H6NNaO3. The Morgan fingerprint density at radius 2 is 2.00 bits per heavy atom. The van der Waals surface area contributed by atoms with Gasteiger partial charge in [-0.2, -0.15) is 0 Å². The van der Waals surface area contributed by atoms with E-state index in [0.29, 0.717) is 5.39 Å². The number of carboxylic acids is 1. The summed E-state index contributed by atoms with van der Waals surface area (Å²) in [6.45, 7) is 0. The van der Waals surface area contributed by atoms with Crippen molar-refractivity contribution < 1.29 is 44.6 Å². The summed E-state index contributed by atoms with van der Waals surface area (Å²) in [4.78, 5) is 14.3. The predicted octanol–water partition coefficient (Wildman–Crippen LogP) is -2.69. The fourth-order valence-electron chi connectivity index (χ4n) is 1.25. The number of carbonyl (C=O) groups is 1. The van der Waals surface area contributed by atoms with Crippen molar-refractivity contribution in [1.29, 1.82) is 0 Å². The van der Waals surface area contributed by atoms with Gasteiger partial charge in [0.15, 0.2) is 0 Å². The van der Waals surface area contributed by atoms with Crippen LogP contribution in [0.25, 0.3) is 10.9 Å². The molecule has 0 aliphatic carbocycles. The summed E-state index contributed by atoms with van der Waals surface area (Å²) < 4.78 is 0. The third kappa shape index (κ3) is 2.28. The van der Waals surface area contributed by atoms with Gasteiger partial charge in [0.05, 0.1) is 11.7 Å². The average Bonchev–Trinajstić information content (AvgIpc) is 2.18. The molecule has 1 aromatic heterocycles. The molecule has 0 amide bonds. The molecule has 2 rings (SSSR count). The first-order chi connectivity index (χ1) is 6.68. The topological polar surface area (TPSA) is 73.2 Å². The molecule has 4 nitrogen and oxygen atoms in total. The Morgan fingerprint density at radius 3 is 2.67 bits per heavy atom. The number of hydrogen-bond acceptors (Lipinski definition) is 4. The van der Waals surface area contributed by atoms with E-state index in [1.54, 1.807) is 18.2 Å². The molecule has 0 atom stereocenters. The summed E-state index contributed by atoms with van der Waals surface area (Å²) in [6.07, 6.45) is 0. The zero-order chi connectivity index (χ0) is 10.1. The molecule has 0 fully saturated rings. The van der Waals surface area contributed by atoms with Gasteiger partial charge in [-0.1, -0.05) is 18.2 Å². The van der Waals surface area contributed by atoms with Crippen LogP contribution in [0.1, 0.15) is 10.5 Å². The van der Waals surface area contributed by atoms with Gasteiger partial charge in [-0.3, -0.25) is 0 Å². The molecule has 1 aromatic carbocycles. The Morgan fingerprint density at radius 1 is 1.27 bits per heavy atom. The van der Waals surface area contributed by atoms with Crippen molar-refractivity contribution in [2.75, 3.05) is 0 Å². The molecule has 0 saturated heterocycles. The molecular weight excluding hydrogens is 205 g/mol. The Kier molecular flexibility index (Phi) is 3.68. The molecule has 1 heterocycles. The van der Waals surface area contributed by atoms with Crippen molar-refractivity contribution in [1.82, 2.24) is 4.98 Å². The monoisotopic (exact) mass is 211 g/mol. The standard InChI is InChI=1S/C10H7NO3.Na/c12-8-3-1-2-6-4-5-7(10(13)14)11-9(6)8;/h1-5,12H,(H,13,14);/q;+1/p-1. The molecule has 0 bridgehead atoms. The molecule has 0 unspecified atom stereocenters. The molecule has 2 aromatic rings. The average molecular weight is 211 g/mol. The maximum Gasteiger partial charge on any atom is 1.00 e. The number of pyridine rings is 1. The van der Waals surface area contributed by atoms with Crippen molar-refractivity contribution in [3.8, 4) is 5.75 Å². The number of rotatable bonds is 1. The molecule has 70 valence electrons. The number of carbonyl (C=O) groups excluding carboxylic acids is 1. The van der Waals surface area contributed by atoms with Crippen molar-refractivity contribution in [2.24, 2.45) is 0 Å². The van der Waals surface area contributed by atoms with Crippen LogP contribution >= 0.6 is 0 Å². The number of benzene rings is 1. The second kappa shape index (κ2) is 4.61. The van der Waals surface area contributed by atoms with E-state index in [9.17, 15) is 15.0 Å². The van der Waals surface area contributed by atoms with E-state index >= 15 is 0 Å². The van der Waals surface area contributed by atoms with Crippen LogP contribution < -0.4 is 34.7 Å². The van der Waals surface area contributed by atoms with Gasteiger partial charge in [0.2, 0.25) is 0 Å². The number of fused-ring (bicyclic) bond motifs is 1. The molecule has 0 spiro atoms. The first kappa shape index (κ1) is 12.0. The fourth-order valence-corrected chi connectivity index (χ4v) is 1.25. The molecule has 0 aliphatic heterocycles. The number of para-hydroxylation sites is 1. The van der Waals surface area contributed by atoms with Gasteiger partial charge < -0.3 is 15.0 Å². The molecule has 0 aliphatic rings. The summed E-state index contributed by atoms with van der Waals surface area (Å²) in [6, 6.07) is 7.78. The molecule has 0 radical (unpaired) electrons. The van der Waals surface area contributed by atoms with E-state index in [4.69, 9.17) is 0 Å². The number of aromatic hydroxyl groups is 1. The maximum atomic E-state index is 10.5. The first-order valence-electron chi connectivity index (χ1n) is 3.98. The van der Waals surface area contributed by atoms with Crippen LogP contribution in [-0.4, -0.2) is 16.1 Å². The second-order valence-electron chi connectivity index (χ2n) is 2.83. The smallest absolute Gasteiger partial charge is 0.543 e. The minimum absolute atomic E-state index is 0. The largest absolute Gasteiger partial charge is 1.00 e. The second-order valence-corrected chi connectivity index (χ2v) is 2.83. The Labute approximate surface area is 108 Å². The molecule has 5 heteroatoms. The minimum atomic E-state index is -1.35. The molecule has 1 N–H and O–H groups in total. The SMILES string of the molecule is O=C([O-])c1ccc2cccc(O)c2n1.[Na+]. The summed E-state index contributed by atoms with van der Waals surface area (Å²) in [5, 5.41) is 20.6. The number of carboxylic acid groups (broad SMARTS) is 1. The van der Waals surface area contributed by atoms with Crippen molar-refractivity contribution in [3.05, 3.63) is 36.0 Å². The van der Waals surface area contributed by atoms with Gasteiger partial charge in [0, 0.05) is 5.39 Å². The maximum absolute atomic E-state index is 10.5. The number of phenols is 1. The van der Waals surface area contributed by atoms with Crippen LogP contribution in [-0.2, 0) is 0 Å². The van der Waals surface area contributed by atoms with Gasteiger partial charge >= 0.3 is 29.6 Å². The third-order valence-electron chi connectivity index (χ3n) is 1.91. The quantitative estimate of drug-likeness (QED) is 0.521. The first-order valence-corrected chi connectivity index (χ1v) is 3.98. The van der Waals surface area contributed by atoms with E-state index < -0.39 is 5.97 Å². The minimum Gasteiger partial charge on any atom is -0.543 e. The van der Waals surface area contributed by atoms with Crippen LogP contribution in [0, 0.1) is 0 Å². The number of hydrogen-bond donors (Lipinski definition) is 1. The van der Waals surface area contributed by atoms with E-state index in [0.717, 1.165) is 0 Å². The van der Waals surface area contributed by atoms with Crippen LogP contribution in [0.2, 0.25) is 0 Å². The van der Waals surface area contributed by atoms with Gasteiger partial charge in [-0.15, -0.1) is 0 Å². The molecule has 0 saturated carbocycles. The number of aromatic carboxylic acids is 1. The Balaban J connectivity index is 0.00000112. The predicted molar refractivity (Wildman–Crippen MR) is 47.7 cm³/mol. The van der Waals surface area contributed by atoms with Crippen LogP contribution in [0.3, 0.4) is 0 Å². The van der Waals surface area contributed by atoms with E-state index in [1.165, 1.54) is 12.1 Å². The van der Waals surface area contributed by atoms with E-state index in [2.05, 4.69) is 4.98 Å². The van der Waals surface area contributed by atoms with Gasteiger partial charge in [-0.05, 0) is 12.1 Å². The van der Waals surface area contributed by atoms with Crippen LogP contribution in [0.5, 0.6) is 5.75 Å². The van der Waals surface area contributed by atoms with Crippen LogP contribution in [0.4, 0.5) is 0 Å². The fraction of sp³-hybridized carbons (Fsp3) is 0. The Hall–Kier alpha value is -1.10. The summed E-state index contributed by atoms with van der Waals surface area (Å²) in [5.41, 5.74) is 0.0909. The van der Waals surface area contributed by atoms with Gasteiger partial charge in [0.1, 0.15) is 11.3 Å². The number of phenolic OH excluding ortho intramolecular Hbond substituents is 1. The van der Waals surface area contributed by atoms with E-state index in [1.807, 2.05) is 0 Å². The van der Waals surface area contributed by atoms with E-state index in [-0.39, 0.29) is 46.5 Å². The zero-order valence-electron chi connectivity index (χ0n) is 8.10. The summed E-state index contributed by atoms with van der Waals surface area (Å²) in [7, 11) is 0. The number of aromatic nitrogens is 1. The zero-order valence-corrected chi connectivity index (χ0v) is 10.1. The summed E-state index contributed by atoms with van der Waals surface area (Å²) >= 11 is 0. The number of nitrogens with zero attached hydrogens (tertiary/aromatic N) is 1. The van der Waals surface area contributed by atoms with Gasteiger partial charge in [-0.25, -0.2) is 4.98 Å². The van der Waals surface area contributed by atoms with Crippen molar-refractivity contribution in [2.45, 2.75) is 0 Å².